The maximum Gasteiger partial charge on any atom is 0.328 e. The fourth-order valence-electron chi connectivity index (χ4n) is 4.15. The van der Waals surface area contributed by atoms with Crippen molar-refractivity contribution in [3.63, 3.8) is 0 Å². The van der Waals surface area contributed by atoms with Gasteiger partial charge in [0.2, 0.25) is 0 Å². The minimum absolute atomic E-state index is 0.102. The van der Waals surface area contributed by atoms with Crippen molar-refractivity contribution in [1.29, 1.82) is 5.26 Å². The number of nitriles is 1. The third kappa shape index (κ3) is 2.59. The number of pyridine rings is 2. The summed E-state index contributed by atoms with van der Waals surface area (Å²) in [5.41, 5.74) is 1.98. The van der Waals surface area contributed by atoms with Crippen molar-refractivity contribution in [2.75, 3.05) is 4.90 Å². The lowest BCUT2D eigenvalue weighted by Gasteiger charge is -2.36. The molecule has 2 aliphatic rings. The third-order valence-corrected chi connectivity index (χ3v) is 5.85. The van der Waals surface area contributed by atoms with Gasteiger partial charge in [0.1, 0.15) is 5.82 Å². The Morgan fingerprint density at radius 1 is 1.33 bits per heavy atom. The highest BCUT2D eigenvalue weighted by Crippen LogP contribution is 2.36. The van der Waals surface area contributed by atoms with Gasteiger partial charge in [0.05, 0.1) is 41.1 Å². The lowest BCUT2D eigenvalue weighted by Crippen LogP contribution is -2.48. The first-order chi connectivity index (χ1) is 14.5. The topological polar surface area (TPSA) is 103 Å². The average molecular weight is 397 g/mol. The van der Waals surface area contributed by atoms with Gasteiger partial charge < -0.3 is 9.88 Å². The number of H-pyrrole nitrogens is 1. The van der Waals surface area contributed by atoms with Gasteiger partial charge in [-0.2, -0.15) is 5.26 Å². The fraction of sp³-hybridized carbons (Fsp3) is 0.227. The largest absolute Gasteiger partial charge is 0.328 e. The Morgan fingerprint density at radius 2 is 2.20 bits per heavy atom. The van der Waals surface area contributed by atoms with Crippen molar-refractivity contribution < 1.29 is 0 Å². The zero-order valence-electron chi connectivity index (χ0n) is 16.5. The van der Waals surface area contributed by atoms with Crippen LogP contribution in [0.3, 0.4) is 0 Å². The Hall–Kier alpha value is -3.99. The summed E-state index contributed by atoms with van der Waals surface area (Å²) >= 11 is 0. The van der Waals surface area contributed by atoms with E-state index in [2.05, 4.69) is 21.0 Å². The number of rotatable bonds is 3. The molecule has 0 saturated heterocycles. The quantitative estimate of drug-likeness (QED) is 0.732. The van der Waals surface area contributed by atoms with Gasteiger partial charge in [-0.1, -0.05) is 12.1 Å². The van der Waals surface area contributed by atoms with E-state index in [1.165, 1.54) is 0 Å². The average Bonchev–Trinajstić information content (AvgIpc) is 3.28. The Morgan fingerprint density at radius 3 is 2.97 bits per heavy atom. The highest BCUT2D eigenvalue weighted by Gasteiger charge is 2.43. The van der Waals surface area contributed by atoms with E-state index in [0.29, 0.717) is 22.6 Å². The highest BCUT2D eigenvalue weighted by atomic mass is 16.1. The van der Waals surface area contributed by atoms with Crippen molar-refractivity contribution in [3.8, 4) is 6.07 Å². The van der Waals surface area contributed by atoms with Crippen LogP contribution in [-0.4, -0.2) is 37.4 Å². The molecule has 3 atom stereocenters. The number of allylic oxidation sites excluding steroid dienone is 2. The summed E-state index contributed by atoms with van der Waals surface area (Å²) in [6.45, 7) is 3.97. The normalized spacial score (nSPS) is 23.3. The predicted molar refractivity (Wildman–Crippen MR) is 114 cm³/mol. The zero-order chi connectivity index (χ0) is 20.9. The Kier molecular flexibility index (Phi) is 3.93. The molecular weight excluding hydrogens is 378 g/mol. The summed E-state index contributed by atoms with van der Waals surface area (Å²) in [5.74, 6) is 0.659. The molecule has 0 fully saturated rings. The first kappa shape index (κ1) is 18.1. The van der Waals surface area contributed by atoms with Crippen molar-refractivity contribution in [2.45, 2.75) is 31.5 Å². The zero-order valence-corrected chi connectivity index (χ0v) is 16.5. The van der Waals surface area contributed by atoms with Crippen molar-refractivity contribution in [2.24, 2.45) is 4.99 Å². The van der Waals surface area contributed by atoms with Crippen molar-refractivity contribution in [1.82, 2.24) is 19.5 Å². The highest BCUT2D eigenvalue weighted by molar-refractivity contribution is 5.87. The van der Waals surface area contributed by atoms with E-state index in [0.717, 1.165) is 5.56 Å². The van der Waals surface area contributed by atoms with E-state index >= 15 is 0 Å². The molecule has 8 nitrogen and oxygen atoms in total. The molecule has 1 aliphatic heterocycles. The molecule has 3 unspecified atom stereocenters. The van der Waals surface area contributed by atoms with Gasteiger partial charge in [-0.15, -0.1) is 0 Å². The molecule has 3 aromatic rings. The molecular formula is C22H19N7O. The monoisotopic (exact) mass is 397 g/mol. The minimum atomic E-state index is -0.531. The smallest absolute Gasteiger partial charge is 0.305 e. The summed E-state index contributed by atoms with van der Waals surface area (Å²) in [6.07, 6.45) is 10.9. The van der Waals surface area contributed by atoms with Crippen LogP contribution in [0.15, 0.2) is 70.2 Å². The molecule has 0 spiro atoms. The van der Waals surface area contributed by atoms with Gasteiger partial charge in [-0.3, -0.25) is 14.5 Å². The number of hydrogen-bond donors (Lipinski definition) is 1. The summed E-state index contributed by atoms with van der Waals surface area (Å²) < 4.78 is 1.64. The molecule has 30 heavy (non-hydrogen) atoms. The minimum Gasteiger partial charge on any atom is -0.305 e. The Balaban J connectivity index is 1.62. The molecule has 4 heterocycles. The van der Waals surface area contributed by atoms with E-state index < -0.39 is 5.54 Å². The van der Waals surface area contributed by atoms with Gasteiger partial charge in [0, 0.05) is 12.4 Å². The van der Waals surface area contributed by atoms with Crippen LogP contribution in [0.25, 0.3) is 11.2 Å². The number of aromatic nitrogens is 4. The van der Waals surface area contributed by atoms with E-state index in [9.17, 15) is 10.1 Å². The van der Waals surface area contributed by atoms with Crippen LogP contribution in [0, 0.1) is 11.3 Å². The van der Waals surface area contributed by atoms with Crippen molar-refractivity contribution in [3.05, 3.63) is 76.5 Å². The predicted octanol–water partition coefficient (Wildman–Crippen LogP) is 2.72. The van der Waals surface area contributed by atoms with Gasteiger partial charge in [-0.05, 0) is 49.8 Å². The summed E-state index contributed by atoms with van der Waals surface area (Å²) in [4.78, 5) is 31.1. The molecule has 0 radical (unpaired) electrons. The second-order valence-electron chi connectivity index (χ2n) is 7.68. The molecule has 5 rings (SSSR count). The van der Waals surface area contributed by atoms with Crippen LogP contribution < -0.4 is 10.6 Å². The van der Waals surface area contributed by atoms with Crippen LogP contribution in [0.2, 0.25) is 0 Å². The molecule has 3 aromatic heterocycles. The number of nitrogens with zero attached hydrogens (tertiary/aromatic N) is 6. The second kappa shape index (κ2) is 6.52. The number of nitrogens with one attached hydrogen (secondary N) is 1. The van der Waals surface area contributed by atoms with Crippen LogP contribution in [-0.2, 0) is 0 Å². The summed E-state index contributed by atoms with van der Waals surface area (Å²) in [6, 6.07) is 9.36. The lowest BCUT2D eigenvalue weighted by molar-refractivity contribution is 0.541. The van der Waals surface area contributed by atoms with Crippen LogP contribution in [0.1, 0.15) is 25.5 Å². The number of imidazole rings is 1. The fourth-order valence-corrected chi connectivity index (χ4v) is 4.15. The summed E-state index contributed by atoms with van der Waals surface area (Å²) in [5, 5.41) is 9.34. The van der Waals surface area contributed by atoms with Crippen LogP contribution >= 0.6 is 0 Å². The van der Waals surface area contributed by atoms with E-state index in [-0.39, 0.29) is 17.8 Å². The van der Waals surface area contributed by atoms with Crippen LogP contribution in [0.4, 0.5) is 5.82 Å². The molecule has 0 saturated carbocycles. The van der Waals surface area contributed by atoms with Gasteiger partial charge in [0.15, 0.2) is 5.65 Å². The molecule has 1 N–H and O–H groups in total. The number of hydrogen-bond acceptors (Lipinski definition) is 6. The lowest BCUT2D eigenvalue weighted by atomic mass is 9.85. The number of aliphatic imine (C=N–C) groups is 1. The van der Waals surface area contributed by atoms with E-state index in [1.54, 1.807) is 29.4 Å². The Labute approximate surface area is 172 Å². The number of aromatic amines is 1. The second-order valence-corrected chi connectivity index (χ2v) is 7.68. The van der Waals surface area contributed by atoms with Gasteiger partial charge in [0.25, 0.3) is 0 Å². The first-order valence-electron chi connectivity index (χ1n) is 9.66. The van der Waals surface area contributed by atoms with E-state index in [4.69, 9.17) is 4.98 Å². The summed E-state index contributed by atoms with van der Waals surface area (Å²) in [7, 11) is 0. The standard InChI is InChI=1S/C22H19N7O/c1-14(16-4-3-9-24-12-16)29-20-17(26-21(29)30)6-8-19(27-20)28-13-25-18-7-5-15(11-23)10-22(18,28)2/h3-10,12-14,18H,1-2H3,(H,26,30). The molecule has 0 bridgehead atoms. The van der Waals surface area contributed by atoms with E-state index in [1.807, 2.05) is 55.2 Å². The Bertz CT molecular complexity index is 1330. The third-order valence-electron chi connectivity index (χ3n) is 5.85. The van der Waals surface area contributed by atoms with Crippen LogP contribution in [0.5, 0.6) is 0 Å². The SMILES string of the molecule is CC(c1cccnc1)n1c(=O)[nH]c2ccc(N3C=NC4C=CC(C#N)=CC43C)nc21. The van der Waals surface area contributed by atoms with Gasteiger partial charge >= 0.3 is 5.69 Å². The molecule has 148 valence electrons. The number of anilines is 1. The molecule has 8 heteroatoms. The first-order valence-corrected chi connectivity index (χ1v) is 9.66. The van der Waals surface area contributed by atoms with Gasteiger partial charge in [-0.25, -0.2) is 9.78 Å². The maximum atomic E-state index is 12.7. The maximum absolute atomic E-state index is 12.7. The molecule has 0 amide bonds. The molecule has 0 aromatic carbocycles. The van der Waals surface area contributed by atoms with Crippen molar-refractivity contribution >= 4 is 23.3 Å². The molecule has 1 aliphatic carbocycles. The number of fused-ring (bicyclic) bond motifs is 2.